The van der Waals surface area contributed by atoms with E-state index in [4.69, 9.17) is 9.84 Å². The number of anilines is 1. The zero-order chi connectivity index (χ0) is 14.6. The lowest BCUT2D eigenvalue weighted by Crippen LogP contribution is -2.32. The number of carbonyl (C=O) groups is 1. The summed E-state index contributed by atoms with van der Waals surface area (Å²) < 4.78 is 31.0. The zero-order valence-electron chi connectivity index (χ0n) is 11.0. The molecule has 0 aliphatic carbocycles. The van der Waals surface area contributed by atoms with Gasteiger partial charge in [-0.3, -0.25) is 9.52 Å². The normalized spacial score (nSPS) is 13.1. The molecule has 0 heterocycles. The summed E-state index contributed by atoms with van der Waals surface area (Å²) in [5.41, 5.74) is 0.296. The molecule has 0 saturated carbocycles. The smallest absolute Gasteiger partial charge is 0.323 e. The Morgan fingerprint density at radius 1 is 1.21 bits per heavy atom. The van der Waals surface area contributed by atoms with Crippen molar-refractivity contribution in [1.29, 1.82) is 0 Å². The molecule has 19 heavy (non-hydrogen) atoms. The van der Waals surface area contributed by atoms with Gasteiger partial charge in [-0.1, -0.05) is 0 Å². The van der Waals surface area contributed by atoms with Crippen LogP contribution < -0.4 is 9.46 Å². The van der Waals surface area contributed by atoms with Crippen molar-refractivity contribution in [2.24, 2.45) is 0 Å². The van der Waals surface area contributed by atoms with Gasteiger partial charge in [0.15, 0.2) is 5.25 Å². The molecule has 0 amide bonds. The van der Waals surface area contributed by atoms with Crippen molar-refractivity contribution in [3.8, 4) is 5.75 Å². The van der Waals surface area contributed by atoms with Crippen LogP contribution in [0.1, 0.15) is 20.8 Å². The molecule has 6 nitrogen and oxygen atoms in total. The Morgan fingerprint density at radius 2 is 1.74 bits per heavy atom. The van der Waals surface area contributed by atoms with Crippen LogP contribution in [0.2, 0.25) is 0 Å². The molecule has 0 bridgehead atoms. The first-order valence-corrected chi connectivity index (χ1v) is 7.28. The molecule has 0 saturated heterocycles. The Kier molecular flexibility index (Phi) is 4.77. The summed E-state index contributed by atoms with van der Waals surface area (Å²) in [5, 5.41) is 7.18. The molecule has 2 N–H and O–H groups in total. The van der Waals surface area contributed by atoms with Crippen molar-refractivity contribution < 1.29 is 23.1 Å². The lowest BCUT2D eigenvalue weighted by Gasteiger charge is -2.13. The number of aliphatic carboxylic acids is 1. The third-order valence-corrected chi connectivity index (χ3v) is 3.95. The average Bonchev–Trinajstić information content (AvgIpc) is 2.29. The Hall–Kier alpha value is -1.76. The summed E-state index contributed by atoms with van der Waals surface area (Å²) in [4.78, 5) is 10.7. The van der Waals surface area contributed by atoms with Gasteiger partial charge in [0.2, 0.25) is 10.0 Å². The number of carboxylic acid groups (broad SMARTS) is 1. The number of nitrogens with one attached hydrogen (secondary N) is 1. The highest BCUT2D eigenvalue weighted by atomic mass is 32.2. The molecule has 1 aromatic rings. The topological polar surface area (TPSA) is 92.7 Å². The molecular weight excluding hydrogens is 270 g/mol. The van der Waals surface area contributed by atoms with E-state index in [1.165, 1.54) is 12.1 Å². The Bertz CT molecular complexity index is 536. The van der Waals surface area contributed by atoms with Crippen LogP contribution in [0.15, 0.2) is 24.3 Å². The fourth-order valence-corrected chi connectivity index (χ4v) is 2.17. The number of carboxylic acids is 1. The van der Waals surface area contributed by atoms with Gasteiger partial charge in [0.1, 0.15) is 5.75 Å². The molecule has 0 aliphatic heterocycles. The van der Waals surface area contributed by atoms with E-state index in [0.29, 0.717) is 11.4 Å². The van der Waals surface area contributed by atoms with Crippen LogP contribution in [0.25, 0.3) is 0 Å². The quantitative estimate of drug-likeness (QED) is 0.830. The largest absolute Gasteiger partial charge is 0.491 e. The third kappa shape index (κ3) is 4.44. The standard InChI is InChI=1S/C12H17NO5S/c1-8(2)18-11-6-4-10(5-7-11)13-19(16,17)9(3)12(14)15/h4-9,13H,1-3H3,(H,14,15). The summed E-state index contributed by atoms with van der Waals surface area (Å²) in [6, 6.07) is 6.26. The molecular formula is C12H17NO5S. The van der Waals surface area contributed by atoms with Gasteiger partial charge in [-0.05, 0) is 45.0 Å². The maximum absolute atomic E-state index is 11.7. The maximum atomic E-state index is 11.7. The zero-order valence-corrected chi connectivity index (χ0v) is 11.8. The van der Waals surface area contributed by atoms with Crippen molar-refractivity contribution in [2.75, 3.05) is 4.72 Å². The molecule has 1 unspecified atom stereocenters. The Morgan fingerprint density at radius 3 is 2.16 bits per heavy atom. The van der Waals surface area contributed by atoms with Crippen LogP contribution in [-0.2, 0) is 14.8 Å². The summed E-state index contributed by atoms with van der Waals surface area (Å²) >= 11 is 0. The highest BCUT2D eigenvalue weighted by molar-refractivity contribution is 7.94. The average molecular weight is 287 g/mol. The van der Waals surface area contributed by atoms with Gasteiger partial charge >= 0.3 is 5.97 Å². The molecule has 1 rings (SSSR count). The van der Waals surface area contributed by atoms with Crippen LogP contribution in [0, 0.1) is 0 Å². The van der Waals surface area contributed by atoms with Gasteiger partial charge < -0.3 is 9.84 Å². The molecule has 7 heteroatoms. The molecule has 0 radical (unpaired) electrons. The highest BCUT2D eigenvalue weighted by Gasteiger charge is 2.27. The summed E-state index contributed by atoms with van der Waals surface area (Å²) in [5.74, 6) is -0.781. The SMILES string of the molecule is CC(C)Oc1ccc(NS(=O)(=O)C(C)C(=O)O)cc1. The number of benzene rings is 1. The van der Waals surface area contributed by atoms with Crippen LogP contribution >= 0.6 is 0 Å². The number of hydrogen-bond acceptors (Lipinski definition) is 4. The van der Waals surface area contributed by atoms with Gasteiger partial charge in [0.05, 0.1) is 6.10 Å². The first-order chi connectivity index (χ1) is 8.72. The van der Waals surface area contributed by atoms with E-state index < -0.39 is 21.2 Å². The van der Waals surface area contributed by atoms with E-state index in [-0.39, 0.29) is 6.10 Å². The van der Waals surface area contributed by atoms with E-state index in [0.717, 1.165) is 6.92 Å². The lowest BCUT2D eigenvalue weighted by atomic mass is 10.3. The first kappa shape index (κ1) is 15.3. The third-order valence-electron chi connectivity index (χ3n) is 2.30. The number of hydrogen-bond donors (Lipinski definition) is 2. The van der Waals surface area contributed by atoms with Crippen molar-refractivity contribution in [3.63, 3.8) is 0 Å². The van der Waals surface area contributed by atoms with E-state index in [9.17, 15) is 13.2 Å². The predicted octanol–water partition coefficient (Wildman–Crippen LogP) is 1.69. The molecule has 0 spiro atoms. The second-order valence-corrected chi connectivity index (χ2v) is 6.32. The first-order valence-electron chi connectivity index (χ1n) is 5.73. The van der Waals surface area contributed by atoms with Crippen molar-refractivity contribution in [2.45, 2.75) is 32.1 Å². The van der Waals surface area contributed by atoms with E-state index in [2.05, 4.69) is 4.72 Å². The molecule has 0 fully saturated rings. The minimum atomic E-state index is -3.94. The van der Waals surface area contributed by atoms with Gasteiger partial charge in [-0.25, -0.2) is 8.42 Å². The van der Waals surface area contributed by atoms with E-state index in [1.807, 2.05) is 13.8 Å². The second kappa shape index (κ2) is 5.92. The summed E-state index contributed by atoms with van der Waals surface area (Å²) in [6.45, 7) is 4.87. The van der Waals surface area contributed by atoms with E-state index >= 15 is 0 Å². The molecule has 106 valence electrons. The van der Waals surface area contributed by atoms with Crippen molar-refractivity contribution >= 4 is 21.7 Å². The highest BCUT2D eigenvalue weighted by Crippen LogP contribution is 2.18. The number of ether oxygens (including phenoxy) is 1. The van der Waals surface area contributed by atoms with Crippen molar-refractivity contribution in [3.05, 3.63) is 24.3 Å². The van der Waals surface area contributed by atoms with E-state index in [1.54, 1.807) is 12.1 Å². The minimum Gasteiger partial charge on any atom is -0.491 e. The number of rotatable bonds is 6. The Labute approximate surface area is 112 Å². The lowest BCUT2D eigenvalue weighted by molar-refractivity contribution is -0.136. The second-order valence-electron chi connectivity index (χ2n) is 4.32. The summed E-state index contributed by atoms with van der Waals surface area (Å²) in [6.07, 6.45) is 0.0228. The molecule has 0 aromatic heterocycles. The fourth-order valence-electron chi connectivity index (χ4n) is 1.26. The van der Waals surface area contributed by atoms with Crippen molar-refractivity contribution in [1.82, 2.24) is 0 Å². The van der Waals surface area contributed by atoms with Crippen LogP contribution in [0.4, 0.5) is 5.69 Å². The molecule has 1 aromatic carbocycles. The predicted molar refractivity (Wildman–Crippen MR) is 71.8 cm³/mol. The fraction of sp³-hybridized carbons (Fsp3) is 0.417. The van der Waals surface area contributed by atoms with Crippen LogP contribution in [-0.4, -0.2) is 30.8 Å². The van der Waals surface area contributed by atoms with Crippen LogP contribution in [0.5, 0.6) is 5.75 Å². The van der Waals surface area contributed by atoms with Gasteiger partial charge in [-0.15, -0.1) is 0 Å². The summed E-state index contributed by atoms with van der Waals surface area (Å²) in [7, 11) is -3.94. The van der Waals surface area contributed by atoms with Gasteiger partial charge in [0.25, 0.3) is 0 Å². The maximum Gasteiger partial charge on any atom is 0.323 e. The molecule has 1 atom stereocenters. The van der Waals surface area contributed by atoms with Crippen LogP contribution in [0.3, 0.4) is 0 Å². The molecule has 0 aliphatic rings. The Balaban J connectivity index is 2.81. The number of sulfonamides is 1. The van der Waals surface area contributed by atoms with Gasteiger partial charge in [0, 0.05) is 5.69 Å². The monoisotopic (exact) mass is 287 g/mol. The van der Waals surface area contributed by atoms with Gasteiger partial charge in [-0.2, -0.15) is 0 Å². The minimum absolute atomic E-state index is 0.0228.